The van der Waals surface area contributed by atoms with E-state index in [-0.39, 0.29) is 5.91 Å². The van der Waals surface area contributed by atoms with Crippen molar-refractivity contribution < 1.29 is 4.79 Å². The largest absolute Gasteiger partial charge is 0.352 e. The topological polar surface area (TPSA) is 66.9 Å². The van der Waals surface area contributed by atoms with E-state index < -0.39 is 0 Å². The van der Waals surface area contributed by atoms with Gasteiger partial charge in [0.2, 0.25) is 0 Å². The van der Waals surface area contributed by atoms with Gasteiger partial charge in [0.25, 0.3) is 5.91 Å². The predicted molar refractivity (Wildman–Crippen MR) is 74.1 cm³/mol. The molecule has 1 aromatic heterocycles. The Bertz CT molecular complexity index is 441. The van der Waals surface area contributed by atoms with E-state index in [0.717, 1.165) is 30.8 Å². The highest BCUT2D eigenvalue weighted by Gasteiger charge is 2.15. The van der Waals surface area contributed by atoms with Crippen LogP contribution in [0.15, 0.2) is 6.07 Å². The molecule has 1 amide bonds. The molecule has 19 heavy (non-hydrogen) atoms. The minimum Gasteiger partial charge on any atom is -0.352 e. The van der Waals surface area contributed by atoms with Crippen LogP contribution in [0.4, 0.5) is 0 Å². The monoisotopic (exact) mass is 262 g/mol. The second kappa shape index (κ2) is 6.61. The first-order valence-corrected chi connectivity index (χ1v) is 7.05. The number of nitrogens with zero attached hydrogens (tertiary/aromatic N) is 2. The normalized spacial score (nSPS) is 18.5. The fourth-order valence-corrected chi connectivity index (χ4v) is 2.43. The second-order valence-electron chi connectivity index (χ2n) is 5.04. The van der Waals surface area contributed by atoms with E-state index in [1.165, 1.54) is 12.8 Å². The number of aryl methyl sites for hydroxylation is 2. The number of carbonyl (C=O) groups excluding carboxylic acids is 1. The summed E-state index contributed by atoms with van der Waals surface area (Å²) in [6, 6.07) is 2.37. The van der Waals surface area contributed by atoms with E-state index in [0.29, 0.717) is 18.2 Å². The number of rotatable bonds is 5. The molecular formula is C14H22N4O. The van der Waals surface area contributed by atoms with Crippen LogP contribution in [0, 0.1) is 6.92 Å². The first-order valence-electron chi connectivity index (χ1n) is 7.05. The Morgan fingerprint density at radius 3 is 3.05 bits per heavy atom. The third-order valence-electron chi connectivity index (χ3n) is 3.51. The molecule has 5 heteroatoms. The number of carbonyl (C=O) groups is 1. The van der Waals surface area contributed by atoms with Gasteiger partial charge in [-0.25, -0.2) is 0 Å². The summed E-state index contributed by atoms with van der Waals surface area (Å²) in [7, 11) is 0. The number of nitrogens with one attached hydrogen (secondary N) is 2. The molecule has 2 N–H and O–H groups in total. The zero-order chi connectivity index (χ0) is 13.7. The van der Waals surface area contributed by atoms with E-state index >= 15 is 0 Å². The summed E-state index contributed by atoms with van der Waals surface area (Å²) in [5, 5.41) is 14.5. The van der Waals surface area contributed by atoms with Crippen LogP contribution >= 0.6 is 0 Å². The average molecular weight is 262 g/mol. The highest BCUT2D eigenvalue weighted by atomic mass is 16.1. The van der Waals surface area contributed by atoms with E-state index in [4.69, 9.17) is 0 Å². The third kappa shape index (κ3) is 3.73. The van der Waals surface area contributed by atoms with Crippen molar-refractivity contribution in [3.63, 3.8) is 0 Å². The fraction of sp³-hybridized carbons (Fsp3) is 0.643. The zero-order valence-corrected chi connectivity index (χ0v) is 11.7. The first kappa shape index (κ1) is 13.9. The van der Waals surface area contributed by atoms with Gasteiger partial charge in [-0.1, -0.05) is 6.92 Å². The Labute approximate surface area is 114 Å². The van der Waals surface area contributed by atoms with Crippen LogP contribution in [0.2, 0.25) is 0 Å². The molecule has 0 spiro atoms. The Kier molecular flexibility index (Phi) is 4.85. The van der Waals surface area contributed by atoms with E-state index in [9.17, 15) is 4.79 Å². The molecule has 0 bridgehead atoms. The van der Waals surface area contributed by atoms with Gasteiger partial charge in [-0.15, -0.1) is 0 Å². The molecule has 5 nitrogen and oxygen atoms in total. The lowest BCUT2D eigenvalue weighted by atomic mass is 10.1. The summed E-state index contributed by atoms with van der Waals surface area (Å²) in [5.41, 5.74) is 2.20. The van der Waals surface area contributed by atoms with Crippen LogP contribution in [-0.4, -0.2) is 35.2 Å². The first-order chi connectivity index (χ1) is 9.20. The van der Waals surface area contributed by atoms with Crippen molar-refractivity contribution in [1.29, 1.82) is 0 Å². The van der Waals surface area contributed by atoms with Gasteiger partial charge in [-0.3, -0.25) is 4.79 Å². The summed E-state index contributed by atoms with van der Waals surface area (Å²) < 4.78 is 0. The van der Waals surface area contributed by atoms with Crippen molar-refractivity contribution in [1.82, 2.24) is 20.8 Å². The average Bonchev–Trinajstić information content (AvgIpc) is 2.91. The van der Waals surface area contributed by atoms with Crippen molar-refractivity contribution >= 4 is 5.91 Å². The van der Waals surface area contributed by atoms with Crippen LogP contribution in [-0.2, 0) is 6.42 Å². The van der Waals surface area contributed by atoms with Gasteiger partial charge in [0.15, 0.2) is 0 Å². The molecule has 1 aromatic rings. The van der Waals surface area contributed by atoms with Gasteiger partial charge >= 0.3 is 0 Å². The van der Waals surface area contributed by atoms with Crippen molar-refractivity contribution in [3.8, 4) is 0 Å². The SMILES string of the molecule is CCc1nnc(C)cc1C(=O)NCC[C@H]1CCCN1. The smallest absolute Gasteiger partial charge is 0.253 e. The molecule has 1 aliphatic rings. The maximum absolute atomic E-state index is 12.2. The molecule has 1 aliphatic heterocycles. The molecule has 0 unspecified atom stereocenters. The number of hydrogen-bond donors (Lipinski definition) is 2. The third-order valence-corrected chi connectivity index (χ3v) is 3.51. The minimum absolute atomic E-state index is 0.0344. The zero-order valence-electron chi connectivity index (χ0n) is 11.7. The summed E-state index contributed by atoms with van der Waals surface area (Å²) in [4.78, 5) is 12.2. The number of hydrogen-bond acceptors (Lipinski definition) is 4. The van der Waals surface area contributed by atoms with Gasteiger partial charge in [-0.2, -0.15) is 10.2 Å². The summed E-state index contributed by atoms with van der Waals surface area (Å²) in [5.74, 6) is -0.0344. The van der Waals surface area contributed by atoms with Crippen LogP contribution in [0.1, 0.15) is 47.9 Å². The highest BCUT2D eigenvalue weighted by molar-refractivity contribution is 5.95. The van der Waals surface area contributed by atoms with Gasteiger partial charge < -0.3 is 10.6 Å². The Balaban J connectivity index is 1.89. The molecule has 0 saturated carbocycles. The predicted octanol–water partition coefficient (Wildman–Crippen LogP) is 1.22. The van der Waals surface area contributed by atoms with Crippen LogP contribution in [0.5, 0.6) is 0 Å². The molecule has 1 fully saturated rings. The molecule has 0 aromatic carbocycles. The molecule has 0 aliphatic carbocycles. The lowest BCUT2D eigenvalue weighted by Crippen LogP contribution is -2.31. The van der Waals surface area contributed by atoms with Gasteiger partial charge in [-0.05, 0) is 45.2 Å². The molecule has 1 saturated heterocycles. The Morgan fingerprint density at radius 1 is 1.53 bits per heavy atom. The highest BCUT2D eigenvalue weighted by Crippen LogP contribution is 2.09. The second-order valence-corrected chi connectivity index (χ2v) is 5.04. The van der Waals surface area contributed by atoms with Crippen molar-refractivity contribution in [2.24, 2.45) is 0 Å². The summed E-state index contributed by atoms with van der Waals surface area (Å²) in [6.07, 6.45) is 4.17. The van der Waals surface area contributed by atoms with Gasteiger partial charge in [0, 0.05) is 12.6 Å². The standard InChI is InChI=1S/C14H22N4O/c1-3-13-12(9-10(2)17-18-13)14(19)16-8-6-11-5-4-7-15-11/h9,11,15H,3-8H2,1-2H3,(H,16,19)/t11-/m1/s1. The summed E-state index contributed by atoms with van der Waals surface area (Å²) >= 11 is 0. The maximum atomic E-state index is 12.2. The van der Waals surface area contributed by atoms with Gasteiger partial charge in [0.05, 0.1) is 17.0 Å². The minimum atomic E-state index is -0.0344. The molecular weight excluding hydrogens is 240 g/mol. The Hall–Kier alpha value is -1.49. The quantitative estimate of drug-likeness (QED) is 0.837. The molecule has 1 atom stereocenters. The Morgan fingerprint density at radius 2 is 2.37 bits per heavy atom. The molecule has 2 rings (SSSR count). The maximum Gasteiger partial charge on any atom is 0.253 e. The van der Waals surface area contributed by atoms with Crippen molar-refractivity contribution in [3.05, 3.63) is 23.0 Å². The van der Waals surface area contributed by atoms with E-state index in [2.05, 4.69) is 20.8 Å². The van der Waals surface area contributed by atoms with Crippen molar-refractivity contribution in [2.75, 3.05) is 13.1 Å². The fourth-order valence-electron chi connectivity index (χ4n) is 2.43. The van der Waals surface area contributed by atoms with Crippen LogP contribution in [0.25, 0.3) is 0 Å². The van der Waals surface area contributed by atoms with Gasteiger partial charge in [0.1, 0.15) is 0 Å². The van der Waals surface area contributed by atoms with E-state index in [1.807, 2.05) is 19.9 Å². The molecule has 104 valence electrons. The lowest BCUT2D eigenvalue weighted by Gasteiger charge is -2.12. The molecule has 0 radical (unpaired) electrons. The van der Waals surface area contributed by atoms with Crippen LogP contribution < -0.4 is 10.6 Å². The lowest BCUT2D eigenvalue weighted by molar-refractivity contribution is 0.0950. The number of amides is 1. The number of aromatic nitrogens is 2. The van der Waals surface area contributed by atoms with Crippen molar-refractivity contribution in [2.45, 2.75) is 45.6 Å². The van der Waals surface area contributed by atoms with E-state index in [1.54, 1.807) is 0 Å². The summed E-state index contributed by atoms with van der Waals surface area (Å²) in [6.45, 7) is 5.65. The van der Waals surface area contributed by atoms with Crippen LogP contribution in [0.3, 0.4) is 0 Å². The molecule has 2 heterocycles.